The molecule has 2 unspecified atom stereocenters. The zero-order valence-corrected chi connectivity index (χ0v) is 11.5. The van der Waals surface area contributed by atoms with Crippen LogP contribution in [0.25, 0.3) is 0 Å². The molecule has 3 N–H and O–H groups in total. The summed E-state index contributed by atoms with van der Waals surface area (Å²) < 4.78 is 10.8. The van der Waals surface area contributed by atoms with Gasteiger partial charge in [-0.25, -0.2) is 0 Å². The number of phenols is 2. The van der Waals surface area contributed by atoms with Gasteiger partial charge in [-0.05, 0) is 25.5 Å². The maximum Gasteiger partial charge on any atom is 0.165 e. The lowest BCUT2D eigenvalue weighted by Crippen LogP contribution is -2.17. The van der Waals surface area contributed by atoms with Crippen molar-refractivity contribution in [3.8, 4) is 17.2 Å². The zero-order valence-electron chi connectivity index (χ0n) is 11.5. The highest BCUT2D eigenvalue weighted by molar-refractivity contribution is 5.64. The molecule has 2 aliphatic rings. The summed E-state index contributed by atoms with van der Waals surface area (Å²) >= 11 is 0. The smallest absolute Gasteiger partial charge is 0.165 e. The van der Waals surface area contributed by atoms with Crippen LogP contribution in [0.5, 0.6) is 17.2 Å². The van der Waals surface area contributed by atoms with Gasteiger partial charge in [-0.2, -0.15) is 0 Å². The van der Waals surface area contributed by atoms with Crippen LogP contribution in [0.2, 0.25) is 0 Å². The van der Waals surface area contributed by atoms with Gasteiger partial charge in [0.05, 0.1) is 18.4 Å². The Hall–Kier alpha value is -2.14. The van der Waals surface area contributed by atoms with Gasteiger partial charge < -0.3 is 24.8 Å². The molecule has 1 aromatic rings. The lowest BCUT2D eigenvalue weighted by Gasteiger charge is -2.30. The minimum Gasteiger partial charge on any atom is -0.507 e. The normalized spacial score (nSPS) is 23.9. The Kier molecular flexibility index (Phi) is 2.69. The second-order valence-electron chi connectivity index (χ2n) is 5.07. The molecule has 1 aliphatic carbocycles. The summed E-state index contributed by atoms with van der Waals surface area (Å²) in [4.78, 5) is 0. The number of aromatic hydroxyl groups is 2. The standard InChI is InChI=1S/C15H16O5/c1-6-4-8-7(2)13(17)11-9(16)5-10(19-3)14(18)12(11)15(8)20-6/h4-5,13,15-18H,1-3H3. The molecule has 0 spiro atoms. The van der Waals surface area contributed by atoms with Crippen molar-refractivity contribution in [2.45, 2.75) is 26.1 Å². The number of rotatable bonds is 1. The van der Waals surface area contributed by atoms with E-state index in [9.17, 15) is 15.3 Å². The Morgan fingerprint density at radius 1 is 1.20 bits per heavy atom. The highest BCUT2D eigenvalue weighted by Gasteiger charge is 2.40. The monoisotopic (exact) mass is 276 g/mol. The number of allylic oxidation sites excluding steroid dienone is 1. The summed E-state index contributed by atoms with van der Waals surface area (Å²) in [6.45, 7) is 3.59. The SMILES string of the molecule is COc1cc(O)c2c(c1O)C1OC(C)=CC1=C(C)C2O. The summed E-state index contributed by atoms with van der Waals surface area (Å²) in [5, 5.41) is 30.8. The van der Waals surface area contributed by atoms with Gasteiger partial charge >= 0.3 is 0 Å². The topological polar surface area (TPSA) is 79.2 Å². The fourth-order valence-electron chi connectivity index (χ4n) is 2.86. The van der Waals surface area contributed by atoms with Crippen LogP contribution in [0.1, 0.15) is 37.2 Å². The number of benzene rings is 1. The Bertz CT molecular complexity index is 657. The molecule has 3 rings (SSSR count). The molecule has 1 heterocycles. The van der Waals surface area contributed by atoms with Crippen molar-refractivity contribution < 1.29 is 24.8 Å². The third-order valence-corrected chi connectivity index (χ3v) is 3.89. The van der Waals surface area contributed by atoms with Crippen molar-refractivity contribution >= 4 is 0 Å². The fraction of sp³-hybridized carbons (Fsp3) is 0.333. The molecule has 5 heteroatoms. The van der Waals surface area contributed by atoms with E-state index in [2.05, 4.69) is 0 Å². The van der Waals surface area contributed by atoms with Crippen molar-refractivity contribution in [2.24, 2.45) is 0 Å². The maximum absolute atomic E-state index is 10.4. The van der Waals surface area contributed by atoms with E-state index in [0.717, 1.165) is 5.57 Å². The lowest BCUT2D eigenvalue weighted by molar-refractivity contribution is 0.142. The van der Waals surface area contributed by atoms with E-state index < -0.39 is 12.2 Å². The van der Waals surface area contributed by atoms with Gasteiger partial charge in [-0.3, -0.25) is 0 Å². The highest BCUT2D eigenvalue weighted by atomic mass is 16.5. The first-order valence-corrected chi connectivity index (χ1v) is 6.32. The first-order chi connectivity index (χ1) is 9.45. The van der Waals surface area contributed by atoms with Crippen LogP contribution in [0.4, 0.5) is 0 Å². The summed E-state index contributed by atoms with van der Waals surface area (Å²) in [5.41, 5.74) is 2.16. The van der Waals surface area contributed by atoms with Crippen LogP contribution in [0.15, 0.2) is 29.0 Å². The van der Waals surface area contributed by atoms with Gasteiger partial charge in [-0.15, -0.1) is 0 Å². The molecule has 0 fully saturated rings. The van der Waals surface area contributed by atoms with E-state index in [0.29, 0.717) is 16.9 Å². The van der Waals surface area contributed by atoms with Crippen molar-refractivity contribution in [1.82, 2.24) is 0 Å². The van der Waals surface area contributed by atoms with Crippen molar-refractivity contribution in [2.75, 3.05) is 7.11 Å². The molecule has 0 aromatic heterocycles. The molecule has 0 saturated heterocycles. The fourth-order valence-corrected chi connectivity index (χ4v) is 2.86. The minimum atomic E-state index is -0.973. The molecule has 0 saturated carbocycles. The second-order valence-corrected chi connectivity index (χ2v) is 5.07. The Morgan fingerprint density at radius 2 is 1.90 bits per heavy atom. The Labute approximate surface area is 116 Å². The maximum atomic E-state index is 10.4. The number of methoxy groups -OCH3 is 1. The van der Waals surface area contributed by atoms with E-state index >= 15 is 0 Å². The summed E-state index contributed by atoms with van der Waals surface area (Å²) in [6.07, 6.45) is 0.343. The molecule has 0 radical (unpaired) electrons. The number of hydrogen-bond acceptors (Lipinski definition) is 5. The molecule has 1 aromatic carbocycles. The number of phenolic OH excluding ortho intramolecular Hbond substituents is 2. The van der Waals surface area contributed by atoms with E-state index in [1.54, 1.807) is 6.92 Å². The highest BCUT2D eigenvalue weighted by Crippen LogP contribution is 2.54. The zero-order chi connectivity index (χ0) is 14.6. The minimum absolute atomic E-state index is 0.113. The van der Waals surface area contributed by atoms with Crippen molar-refractivity contribution in [3.63, 3.8) is 0 Å². The largest absolute Gasteiger partial charge is 0.507 e. The number of fused-ring (bicyclic) bond motifs is 3. The summed E-state index contributed by atoms with van der Waals surface area (Å²) in [6, 6.07) is 1.30. The van der Waals surface area contributed by atoms with Gasteiger partial charge in [0.2, 0.25) is 0 Å². The summed E-state index contributed by atoms with van der Waals surface area (Å²) in [5.74, 6) is 0.623. The molecular weight excluding hydrogens is 260 g/mol. The van der Waals surface area contributed by atoms with E-state index in [1.807, 2.05) is 13.0 Å². The van der Waals surface area contributed by atoms with Crippen LogP contribution in [0, 0.1) is 0 Å². The quantitative estimate of drug-likeness (QED) is 0.687. The Balaban J connectivity index is 2.30. The number of aliphatic hydroxyl groups excluding tert-OH is 1. The second kappa shape index (κ2) is 4.18. The van der Waals surface area contributed by atoms with Crippen LogP contribution in [0.3, 0.4) is 0 Å². The van der Waals surface area contributed by atoms with E-state index in [-0.39, 0.29) is 22.8 Å². The lowest BCUT2D eigenvalue weighted by atomic mass is 9.81. The number of ether oxygens (including phenoxy) is 2. The average Bonchev–Trinajstić information content (AvgIpc) is 2.80. The summed E-state index contributed by atoms with van der Waals surface area (Å²) in [7, 11) is 1.40. The number of hydrogen-bond donors (Lipinski definition) is 3. The van der Waals surface area contributed by atoms with Gasteiger partial charge in [-0.1, -0.05) is 0 Å². The number of aliphatic hydroxyl groups is 1. The molecule has 0 amide bonds. The van der Waals surface area contributed by atoms with Gasteiger partial charge in [0, 0.05) is 17.2 Å². The predicted octanol–water partition coefficient (Wildman–Crippen LogP) is 2.45. The predicted molar refractivity (Wildman–Crippen MR) is 71.6 cm³/mol. The van der Waals surface area contributed by atoms with E-state index in [1.165, 1.54) is 13.2 Å². The van der Waals surface area contributed by atoms with Crippen LogP contribution in [-0.2, 0) is 4.74 Å². The van der Waals surface area contributed by atoms with Gasteiger partial charge in [0.15, 0.2) is 17.6 Å². The Morgan fingerprint density at radius 3 is 2.55 bits per heavy atom. The molecular formula is C15H16O5. The molecule has 1 aliphatic heterocycles. The third kappa shape index (κ3) is 1.53. The third-order valence-electron chi connectivity index (χ3n) is 3.89. The van der Waals surface area contributed by atoms with Gasteiger partial charge in [0.1, 0.15) is 11.9 Å². The van der Waals surface area contributed by atoms with Gasteiger partial charge in [0.25, 0.3) is 0 Å². The van der Waals surface area contributed by atoms with Crippen molar-refractivity contribution in [3.05, 3.63) is 40.2 Å². The van der Waals surface area contributed by atoms with Crippen LogP contribution >= 0.6 is 0 Å². The van der Waals surface area contributed by atoms with Crippen LogP contribution in [-0.4, -0.2) is 22.4 Å². The van der Waals surface area contributed by atoms with Crippen LogP contribution < -0.4 is 4.74 Å². The first-order valence-electron chi connectivity index (χ1n) is 6.32. The van der Waals surface area contributed by atoms with Crippen molar-refractivity contribution in [1.29, 1.82) is 0 Å². The first kappa shape index (κ1) is 12.9. The molecule has 5 nitrogen and oxygen atoms in total. The van der Waals surface area contributed by atoms with E-state index in [4.69, 9.17) is 9.47 Å². The molecule has 106 valence electrons. The molecule has 20 heavy (non-hydrogen) atoms. The molecule has 2 atom stereocenters. The molecule has 0 bridgehead atoms. The average molecular weight is 276 g/mol.